The number of nitro benzene ring substituents is 1. The van der Waals surface area contributed by atoms with Crippen molar-refractivity contribution in [2.75, 3.05) is 6.61 Å². The minimum absolute atomic E-state index is 0.0238. The lowest BCUT2D eigenvalue weighted by atomic mass is 10.0. The van der Waals surface area contributed by atoms with Crippen molar-refractivity contribution in [2.24, 2.45) is 0 Å². The third-order valence-corrected chi connectivity index (χ3v) is 4.76. The lowest BCUT2D eigenvalue weighted by molar-refractivity contribution is -0.384. The number of carbonyl (C=O) groups is 1. The van der Waals surface area contributed by atoms with E-state index >= 15 is 0 Å². The molecule has 1 atom stereocenters. The van der Waals surface area contributed by atoms with E-state index in [1.54, 1.807) is 18.2 Å². The second kappa shape index (κ2) is 10.2. The fraction of sp³-hybridized carbons (Fsp3) is 0.160. The molecule has 3 aromatic carbocycles. The number of ether oxygens (including phenoxy) is 1. The number of hydrogen-bond donors (Lipinski definition) is 1. The Morgan fingerprint density at radius 3 is 2.42 bits per heavy atom. The molecular weight excluding hydrogens is 392 g/mol. The molecule has 0 bridgehead atoms. The van der Waals surface area contributed by atoms with Gasteiger partial charge in [0.15, 0.2) is 0 Å². The first kappa shape index (κ1) is 21.8. The number of hydrogen-bond acceptors (Lipinski definition) is 4. The van der Waals surface area contributed by atoms with E-state index < -0.39 is 4.92 Å². The van der Waals surface area contributed by atoms with Gasteiger partial charge in [0, 0.05) is 17.7 Å². The van der Waals surface area contributed by atoms with Gasteiger partial charge in [-0.15, -0.1) is 0 Å². The van der Waals surface area contributed by atoms with Crippen molar-refractivity contribution >= 4 is 23.2 Å². The monoisotopic (exact) mass is 416 g/mol. The summed E-state index contributed by atoms with van der Waals surface area (Å²) in [6.07, 6.45) is 1.67. The zero-order valence-electron chi connectivity index (χ0n) is 17.4. The summed E-state index contributed by atoms with van der Waals surface area (Å²) < 4.78 is 5.47. The van der Waals surface area contributed by atoms with Crippen LogP contribution in [-0.2, 0) is 4.79 Å². The van der Waals surface area contributed by atoms with Crippen LogP contribution in [0.1, 0.15) is 36.6 Å². The number of carbonyl (C=O) groups excluding carboxylic acids is 1. The zero-order valence-corrected chi connectivity index (χ0v) is 17.4. The van der Waals surface area contributed by atoms with Gasteiger partial charge in [-0.25, -0.2) is 0 Å². The van der Waals surface area contributed by atoms with E-state index in [1.165, 1.54) is 12.1 Å². The minimum atomic E-state index is -0.451. The molecule has 0 radical (unpaired) electrons. The lowest BCUT2D eigenvalue weighted by Crippen LogP contribution is -2.27. The number of non-ortho nitro benzene ring substituents is 1. The van der Waals surface area contributed by atoms with Gasteiger partial charge in [0.05, 0.1) is 17.6 Å². The van der Waals surface area contributed by atoms with Gasteiger partial charge in [-0.1, -0.05) is 54.6 Å². The molecule has 31 heavy (non-hydrogen) atoms. The highest BCUT2D eigenvalue weighted by molar-refractivity contribution is 6.24. The molecule has 3 aromatic rings. The molecule has 1 N–H and O–H groups in total. The van der Waals surface area contributed by atoms with Crippen molar-refractivity contribution in [1.82, 2.24) is 5.32 Å². The molecule has 0 aliphatic heterocycles. The van der Waals surface area contributed by atoms with Crippen LogP contribution in [0.4, 0.5) is 5.69 Å². The van der Waals surface area contributed by atoms with Crippen LogP contribution in [-0.4, -0.2) is 17.4 Å². The predicted octanol–water partition coefficient (Wildman–Crippen LogP) is 5.41. The third-order valence-electron chi connectivity index (χ3n) is 4.76. The summed E-state index contributed by atoms with van der Waals surface area (Å²) in [5, 5.41) is 14.1. The summed E-state index contributed by atoms with van der Waals surface area (Å²) in [4.78, 5) is 23.8. The second-order valence-corrected chi connectivity index (χ2v) is 6.97. The van der Waals surface area contributed by atoms with Gasteiger partial charge in [-0.2, -0.15) is 0 Å². The van der Waals surface area contributed by atoms with Crippen molar-refractivity contribution in [3.63, 3.8) is 0 Å². The summed E-state index contributed by atoms with van der Waals surface area (Å²) in [6, 6.07) is 22.8. The van der Waals surface area contributed by atoms with Crippen LogP contribution < -0.4 is 10.1 Å². The number of rotatable bonds is 8. The SMILES string of the molecule is CCOc1ccc([C@@H](C)NC(=O)/C(=C/c2cccc([N+](=O)[O-])c2)c2ccccc2)cc1. The molecule has 158 valence electrons. The number of benzene rings is 3. The van der Waals surface area contributed by atoms with Crippen molar-refractivity contribution < 1.29 is 14.5 Å². The van der Waals surface area contributed by atoms with E-state index in [0.29, 0.717) is 17.7 Å². The molecule has 6 nitrogen and oxygen atoms in total. The average Bonchev–Trinajstić information content (AvgIpc) is 2.79. The topological polar surface area (TPSA) is 81.5 Å². The molecule has 6 heteroatoms. The Morgan fingerprint density at radius 2 is 1.77 bits per heavy atom. The molecular formula is C25H24N2O4. The highest BCUT2D eigenvalue weighted by Gasteiger charge is 2.16. The van der Waals surface area contributed by atoms with Crippen LogP contribution in [0.5, 0.6) is 5.75 Å². The van der Waals surface area contributed by atoms with E-state index in [1.807, 2.05) is 68.4 Å². The van der Waals surface area contributed by atoms with Crippen LogP contribution in [0.2, 0.25) is 0 Å². The Bertz CT molecular complexity index is 1080. The highest BCUT2D eigenvalue weighted by Crippen LogP contribution is 2.23. The van der Waals surface area contributed by atoms with Gasteiger partial charge in [0.25, 0.3) is 11.6 Å². The quantitative estimate of drug-likeness (QED) is 0.230. The molecule has 0 spiro atoms. The van der Waals surface area contributed by atoms with Crippen LogP contribution in [0.3, 0.4) is 0 Å². The molecule has 3 rings (SSSR count). The van der Waals surface area contributed by atoms with Gasteiger partial charge in [0.1, 0.15) is 5.75 Å². The Hall–Kier alpha value is -3.93. The van der Waals surface area contributed by atoms with Crippen molar-refractivity contribution in [1.29, 1.82) is 0 Å². The van der Waals surface area contributed by atoms with Crippen LogP contribution >= 0.6 is 0 Å². The van der Waals surface area contributed by atoms with Gasteiger partial charge in [0.2, 0.25) is 0 Å². The van der Waals surface area contributed by atoms with E-state index in [2.05, 4.69) is 5.32 Å². The highest BCUT2D eigenvalue weighted by atomic mass is 16.6. The number of nitrogens with one attached hydrogen (secondary N) is 1. The molecule has 0 saturated heterocycles. The zero-order chi connectivity index (χ0) is 22.2. The largest absolute Gasteiger partial charge is 0.494 e. The average molecular weight is 416 g/mol. The molecule has 0 unspecified atom stereocenters. The second-order valence-electron chi connectivity index (χ2n) is 6.97. The summed E-state index contributed by atoms with van der Waals surface area (Å²) in [5.41, 5.74) is 2.66. The fourth-order valence-electron chi connectivity index (χ4n) is 3.17. The summed E-state index contributed by atoms with van der Waals surface area (Å²) in [7, 11) is 0. The molecule has 0 fully saturated rings. The van der Waals surface area contributed by atoms with Gasteiger partial charge >= 0.3 is 0 Å². The first-order valence-corrected chi connectivity index (χ1v) is 10.0. The Kier molecular flexibility index (Phi) is 7.17. The standard InChI is InChI=1S/C25H24N2O4/c1-3-31-23-14-12-20(13-15-23)18(2)26-25(28)24(21-9-5-4-6-10-21)17-19-8-7-11-22(16-19)27(29)30/h4-18H,3H2,1-2H3,(H,26,28)/b24-17+/t18-/m1/s1. The first-order valence-electron chi connectivity index (χ1n) is 10.0. The number of nitrogens with zero attached hydrogens (tertiary/aromatic N) is 1. The molecule has 0 saturated carbocycles. The first-order chi connectivity index (χ1) is 15.0. The third kappa shape index (κ3) is 5.79. The number of nitro groups is 1. The van der Waals surface area contributed by atoms with Crippen LogP contribution in [0, 0.1) is 10.1 Å². The maximum Gasteiger partial charge on any atom is 0.270 e. The van der Waals surface area contributed by atoms with Gasteiger partial charge < -0.3 is 10.1 Å². The predicted molar refractivity (Wildman–Crippen MR) is 122 cm³/mol. The van der Waals surface area contributed by atoms with E-state index in [9.17, 15) is 14.9 Å². The van der Waals surface area contributed by atoms with Crippen molar-refractivity contribution in [2.45, 2.75) is 19.9 Å². The Balaban J connectivity index is 1.88. The minimum Gasteiger partial charge on any atom is -0.494 e. The Labute approximate surface area is 181 Å². The van der Waals surface area contributed by atoms with Gasteiger partial charge in [-0.3, -0.25) is 14.9 Å². The molecule has 0 aliphatic rings. The van der Waals surface area contributed by atoms with E-state index in [0.717, 1.165) is 16.9 Å². The fourth-order valence-corrected chi connectivity index (χ4v) is 3.17. The maximum absolute atomic E-state index is 13.2. The Morgan fingerprint density at radius 1 is 1.06 bits per heavy atom. The lowest BCUT2D eigenvalue weighted by Gasteiger charge is -2.17. The number of amides is 1. The molecule has 0 heterocycles. The van der Waals surface area contributed by atoms with Crippen molar-refractivity contribution in [3.05, 3.63) is 106 Å². The molecule has 0 aliphatic carbocycles. The molecule has 0 aromatic heterocycles. The van der Waals surface area contributed by atoms with E-state index in [4.69, 9.17) is 4.74 Å². The maximum atomic E-state index is 13.2. The van der Waals surface area contributed by atoms with E-state index in [-0.39, 0.29) is 17.6 Å². The van der Waals surface area contributed by atoms with Crippen LogP contribution in [0.25, 0.3) is 11.6 Å². The smallest absolute Gasteiger partial charge is 0.270 e. The molecule has 1 amide bonds. The summed E-state index contributed by atoms with van der Waals surface area (Å²) in [5.74, 6) is 0.513. The summed E-state index contributed by atoms with van der Waals surface area (Å²) >= 11 is 0. The van der Waals surface area contributed by atoms with Gasteiger partial charge in [-0.05, 0) is 48.7 Å². The van der Waals surface area contributed by atoms with Crippen LogP contribution in [0.15, 0.2) is 78.9 Å². The normalized spacial score (nSPS) is 12.1. The van der Waals surface area contributed by atoms with Crippen molar-refractivity contribution in [3.8, 4) is 5.75 Å². The summed E-state index contributed by atoms with van der Waals surface area (Å²) in [6.45, 7) is 4.42.